The zero-order valence-corrected chi connectivity index (χ0v) is 14.0. The molecule has 2 N–H and O–H groups in total. The van der Waals surface area contributed by atoms with Crippen LogP contribution >= 0.6 is 0 Å². The summed E-state index contributed by atoms with van der Waals surface area (Å²) in [5.74, 6) is -0.356. The van der Waals surface area contributed by atoms with E-state index in [1.165, 1.54) is 0 Å². The van der Waals surface area contributed by atoms with E-state index in [2.05, 4.69) is 5.32 Å². The van der Waals surface area contributed by atoms with Crippen molar-refractivity contribution in [2.45, 2.75) is 44.6 Å². The molecule has 126 valence electrons. The van der Waals surface area contributed by atoms with E-state index < -0.39 is 5.60 Å². The molecule has 0 bridgehead atoms. The Bertz CT molecular complexity index is 565. The van der Waals surface area contributed by atoms with Gasteiger partial charge in [-0.1, -0.05) is 25.3 Å². The topological polar surface area (TPSA) is 69.6 Å². The molecule has 0 aromatic heterocycles. The molecule has 1 saturated carbocycles. The Morgan fingerprint density at radius 1 is 1.22 bits per heavy atom. The predicted molar refractivity (Wildman–Crippen MR) is 89.4 cm³/mol. The molecule has 1 aliphatic carbocycles. The first-order valence-electron chi connectivity index (χ1n) is 8.31. The van der Waals surface area contributed by atoms with Gasteiger partial charge in [0.2, 0.25) is 0 Å². The number of amides is 2. The van der Waals surface area contributed by atoms with Crippen LogP contribution in [0.2, 0.25) is 0 Å². The molecule has 1 aliphatic rings. The maximum Gasteiger partial charge on any atom is 0.253 e. The van der Waals surface area contributed by atoms with Gasteiger partial charge >= 0.3 is 0 Å². The Kier molecular flexibility index (Phi) is 5.77. The van der Waals surface area contributed by atoms with Crippen LogP contribution in [0.3, 0.4) is 0 Å². The summed E-state index contributed by atoms with van der Waals surface area (Å²) in [6, 6.07) is 6.71. The molecule has 0 spiro atoms. The van der Waals surface area contributed by atoms with Crippen molar-refractivity contribution in [2.75, 3.05) is 20.1 Å². The minimum Gasteiger partial charge on any atom is -0.388 e. The predicted octanol–water partition coefficient (Wildman–Crippen LogP) is 2.20. The fraction of sp³-hybridized carbons (Fsp3) is 0.556. The van der Waals surface area contributed by atoms with Gasteiger partial charge in [0.15, 0.2) is 0 Å². The summed E-state index contributed by atoms with van der Waals surface area (Å²) in [6.45, 7) is 2.78. The van der Waals surface area contributed by atoms with Crippen LogP contribution in [0, 0.1) is 0 Å². The Balaban J connectivity index is 2.01. The van der Waals surface area contributed by atoms with Crippen molar-refractivity contribution in [2.24, 2.45) is 0 Å². The highest BCUT2D eigenvalue weighted by Crippen LogP contribution is 2.27. The second kappa shape index (κ2) is 7.59. The summed E-state index contributed by atoms with van der Waals surface area (Å²) in [5.41, 5.74) is 0.155. The first-order valence-corrected chi connectivity index (χ1v) is 8.31. The van der Waals surface area contributed by atoms with E-state index >= 15 is 0 Å². The van der Waals surface area contributed by atoms with E-state index in [-0.39, 0.29) is 18.4 Å². The van der Waals surface area contributed by atoms with E-state index in [4.69, 9.17) is 0 Å². The van der Waals surface area contributed by atoms with Gasteiger partial charge < -0.3 is 15.3 Å². The van der Waals surface area contributed by atoms with E-state index in [0.29, 0.717) is 17.7 Å². The van der Waals surface area contributed by atoms with Gasteiger partial charge in [0, 0.05) is 31.3 Å². The number of hydrogen-bond acceptors (Lipinski definition) is 3. The highest BCUT2D eigenvalue weighted by molar-refractivity contribution is 5.99. The normalized spacial score (nSPS) is 16.7. The van der Waals surface area contributed by atoms with Crippen LogP contribution in [0.1, 0.15) is 59.7 Å². The van der Waals surface area contributed by atoms with Gasteiger partial charge in [0.1, 0.15) is 0 Å². The number of aliphatic hydroxyl groups is 1. The molecule has 5 heteroatoms. The molecule has 0 unspecified atom stereocenters. The first kappa shape index (κ1) is 17.5. The number of nitrogens with one attached hydrogen (secondary N) is 1. The maximum absolute atomic E-state index is 12.3. The second-order valence-electron chi connectivity index (χ2n) is 6.37. The van der Waals surface area contributed by atoms with E-state index in [1.807, 2.05) is 6.92 Å². The number of carbonyl (C=O) groups excluding carboxylic acids is 2. The van der Waals surface area contributed by atoms with Crippen LogP contribution in [0.15, 0.2) is 24.3 Å². The third-order valence-corrected chi connectivity index (χ3v) is 4.56. The van der Waals surface area contributed by atoms with E-state index in [9.17, 15) is 14.7 Å². The second-order valence-corrected chi connectivity index (χ2v) is 6.37. The highest BCUT2D eigenvalue weighted by atomic mass is 16.3. The largest absolute Gasteiger partial charge is 0.388 e. The molecular formula is C18H26N2O3. The Morgan fingerprint density at radius 3 is 2.52 bits per heavy atom. The molecule has 1 aromatic rings. The van der Waals surface area contributed by atoms with Crippen molar-refractivity contribution in [3.8, 4) is 0 Å². The number of nitrogens with zero attached hydrogens (tertiary/aromatic N) is 1. The molecule has 1 fully saturated rings. The Hall–Kier alpha value is -1.88. The van der Waals surface area contributed by atoms with Crippen LogP contribution in [0.4, 0.5) is 0 Å². The van der Waals surface area contributed by atoms with Crippen molar-refractivity contribution >= 4 is 11.8 Å². The number of hydrogen-bond donors (Lipinski definition) is 2. The van der Waals surface area contributed by atoms with Gasteiger partial charge in [0.05, 0.1) is 5.60 Å². The van der Waals surface area contributed by atoms with Crippen molar-refractivity contribution in [3.63, 3.8) is 0 Å². The van der Waals surface area contributed by atoms with Gasteiger partial charge in [-0.2, -0.15) is 0 Å². The zero-order valence-electron chi connectivity index (χ0n) is 14.0. The van der Waals surface area contributed by atoms with Crippen LogP contribution in [0.5, 0.6) is 0 Å². The molecule has 0 saturated heterocycles. The van der Waals surface area contributed by atoms with Gasteiger partial charge in [0.25, 0.3) is 11.8 Å². The lowest BCUT2D eigenvalue weighted by molar-refractivity contribution is 0.00525. The SMILES string of the molecule is CCN(C)C(=O)c1cccc(C(=O)NCC2(O)CCCCC2)c1. The molecule has 5 nitrogen and oxygen atoms in total. The molecule has 0 heterocycles. The fourth-order valence-electron chi connectivity index (χ4n) is 2.89. The molecular weight excluding hydrogens is 292 g/mol. The van der Waals surface area contributed by atoms with Gasteiger partial charge in [-0.25, -0.2) is 0 Å². The quantitative estimate of drug-likeness (QED) is 0.874. The molecule has 23 heavy (non-hydrogen) atoms. The average Bonchev–Trinajstić information content (AvgIpc) is 2.59. The summed E-state index contributed by atoms with van der Waals surface area (Å²) in [5, 5.41) is 13.2. The lowest BCUT2D eigenvalue weighted by atomic mass is 9.85. The third kappa shape index (κ3) is 4.55. The van der Waals surface area contributed by atoms with Crippen molar-refractivity contribution in [3.05, 3.63) is 35.4 Å². The number of rotatable bonds is 5. The standard InChI is InChI=1S/C18H26N2O3/c1-3-20(2)17(22)15-9-7-8-14(12-15)16(21)19-13-18(23)10-5-4-6-11-18/h7-9,12,23H,3-6,10-11,13H2,1-2H3,(H,19,21). The lowest BCUT2D eigenvalue weighted by Gasteiger charge is -2.32. The van der Waals surface area contributed by atoms with Crippen LogP contribution in [-0.4, -0.2) is 47.6 Å². The van der Waals surface area contributed by atoms with Crippen LogP contribution in [-0.2, 0) is 0 Å². The molecule has 0 atom stereocenters. The number of carbonyl (C=O) groups is 2. The Labute approximate surface area is 137 Å². The average molecular weight is 318 g/mol. The molecule has 1 aromatic carbocycles. The van der Waals surface area contributed by atoms with E-state index in [1.54, 1.807) is 36.2 Å². The van der Waals surface area contributed by atoms with Crippen molar-refractivity contribution in [1.29, 1.82) is 0 Å². The van der Waals surface area contributed by atoms with Gasteiger partial charge in [-0.05, 0) is 38.0 Å². The van der Waals surface area contributed by atoms with Gasteiger partial charge in [-0.3, -0.25) is 9.59 Å². The molecule has 2 rings (SSSR count). The maximum atomic E-state index is 12.3. The van der Waals surface area contributed by atoms with Crippen molar-refractivity contribution in [1.82, 2.24) is 10.2 Å². The Morgan fingerprint density at radius 2 is 1.87 bits per heavy atom. The summed E-state index contributed by atoms with van der Waals surface area (Å²) in [6.07, 6.45) is 4.60. The number of benzene rings is 1. The first-order chi connectivity index (χ1) is 10.9. The summed E-state index contributed by atoms with van der Waals surface area (Å²) < 4.78 is 0. The molecule has 0 aliphatic heterocycles. The minimum absolute atomic E-state index is 0.104. The fourth-order valence-corrected chi connectivity index (χ4v) is 2.89. The van der Waals surface area contributed by atoms with Gasteiger partial charge in [-0.15, -0.1) is 0 Å². The summed E-state index contributed by atoms with van der Waals surface area (Å²) in [7, 11) is 1.73. The molecule has 2 amide bonds. The van der Waals surface area contributed by atoms with E-state index in [0.717, 1.165) is 32.1 Å². The van der Waals surface area contributed by atoms with Crippen LogP contribution < -0.4 is 5.32 Å². The highest BCUT2D eigenvalue weighted by Gasteiger charge is 2.29. The smallest absolute Gasteiger partial charge is 0.253 e. The van der Waals surface area contributed by atoms with Crippen LogP contribution in [0.25, 0.3) is 0 Å². The summed E-state index contributed by atoms with van der Waals surface area (Å²) in [4.78, 5) is 26.1. The zero-order chi connectivity index (χ0) is 16.9. The molecule has 0 radical (unpaired) electrons. The monoisotopic (exact) mass is 318 g/mol. The minimum atomic E-state index is -0.788. The lowest BCUT2D eigenvalue weighted by Crippen LogP contribution is -2.44. The van der Waals surface area contributed by atoms with Crippen molar-refractivity contribution < 1.29 is 14.7 Å². The third-order valence-electron chi connectivity index (χ3n) is 4.56. The summed E-state index contributed by atoms with van der Waals surface area (Å²) >= 11 is 0.